The van der Waals surface area contributed by atoms with Gasteiger partial charge in [0, 0.05) is 10.6 Å². The van der Waals surface area contributed by atoms with Crippen LogP contribution in [-0.2, 0) is 0 Å². The van der Waals surface area contributed by atoms with Crippen molar-refractivity contribution in [1.29, 1.82) is 5.26 Å². The van der Waals surface area contributed by atoms with Crippen molar-refractivity contribution in [3.63, 3.8) is 0 Å². The lowest BCUT2D eigenvalue weighted by Crippen LogP contribution is -1.92. The van der Waals surface area contributed by atoms with E-state index in [1.54, 1.807) is 25.3 Å². The maximum absolute atomic E-state index is 8.70. The molecule has 0 fully saturated rings. The second-order valence-corrected chi connectivity index (χ2v) is 3.73. The summed E-state index contributed by atoms with van der Waals surface area (Å²) in [5, 5.41) is 9.30. The van der Waals surface area contributed by atoms with Crippen LogP contribution in [0.3, 0.4) is 0 Å². The number of hydrogen-bond acceptors (Lipinski definition) is 2. The number of methoxy groups -OCH3 is 1. The van der Waals surface area contributed by atoms with Crippen LogP contribution in [0.15, 0.2) is 18.2 Å². The van der Waals surface area contributed by atoms with Gasteiger partial charge in [-0.3, -0.25) is 0 Å². The Morgan fingerprint density at radius 1 is 1.62 bits per heavy atom. The molecular formula is C9H7BrClNO. The Morgan fingerprint density at radius 3 is 2.85 bits per heavy atom. The van der Waals surface area contributed by atoms with Crippen LogP contribution in [0.1, 0.15) is 10.4 Å². The Bertz CT molecular complexity index is 348. The monoisotopic (exact) mass is 259 g/mol. The van der Waals surface area contributed by atoms with Gasteiger partial charge < -0.3 is 4.74 Å². The fourth-order valence-corrected chi connectivity index (χ4v) is 1.51. The van der Waals surface area contributed by atoms with Crippen molar-refractivity contribution >= 4 is 27.5 Å². The highest BCUT2D eigenvalue weighted by Crippen LogP contribution is 2.32. The number of halogens is 2. The first kappa shape index (κ1) is 10.4. The Morgan fingerprint density at radius 2 is 2.31 bits per heavy atom. The average Bonchev–Trinajstić information content (AvgIpc) is 2.16. The molecule has 0 spiro atoms. The van der Waals surface area contributed by atoms with Gasteiger partial charge in [-0.25, -0.2) is 0 Å². The summed E-state index contributed by atoms with van der Waals surface area (Å²) in [7, 11) is 1.56. The molecule has 13 heavy (non-hydrogen) atoms. The Balaban J connectivity index is 3.17. The molecule has 0 heterocycles. The third kappa shape index (κ3) is 2.36. The van der Waals surface area contributed by atoms with Crippen molar-refractivity contribution in [2.75, 3.05) is 7.11 Å². The number of alkyl halides is 1. The third-order valence-corrected chi connectivity index (χ3v) is 2.51. The molecule has 0 aliphatic heterocycles. The van der Waals surface area contributed by atoms with E-state index in [0.29, 0.717) is 10.8 Å². The average molecular weight is 261 g/mol. The zero-order valence-corrected chi connectivity index (χ0v) is 9.26. The van der Waals surface area contributed by atoms with Crippen LogP contribution in [0.4, 0.5) is 0 Å². The second kappa shape index (κ2) is 4.50. The van der Waals surface area contributed by atoms with E-state index in [4.69, 9.17) is 21.6 Å². The lowest BCUT2D eigenvalue weighted by Gasteiger charge is -2.08. The smallest absolute Gasteiger partial charge is 0.130 e. The molecule has 0 amide bonds. The molecule has 0 aromatic heterocycles. The van der Waals surface area contributed by atoms with E-state index >= 15 is 0 Å². The summed E-state index contributed by atoms with van der Waals surface area (Å²) in [6.07, 6.45) is 0. The minimum Gasteiger partial charge on any atom is -0.496 e. The maximum Gasteiger partial charge on any atom is 0.130 e. The summed E-state index contributed by atoms with van der Waals surface area (Å²) < 4.78 is 5.08. The Kier molecular flexibility index (Phi) is 3.58. The Hall–Kier alpha value is -0.720. The fourth-order valence-electron chi connectivity index (χ4n) is 0.973. The quantitative estimate of drug-likeness (QED) is 0.764. The summed E-state index contributed by atoms with van der Waals surface area (Å²) in [5.74, 6) is 0.660. The van der Waals surface area contributed by atoms with Crippen LogP contribution < -0.4 is 4.74 Å². The van der Waals surface area contributed by atoms with Gasteiger partial charge in [0.25, 0.3) is 0 Å². The second-order valence-electron chi connectivity index (χ2n) is 2.38. The van der Waals surface area contributed by atoms with E-state index in [1.165, 1.54) is 0 Å². The molecule has 1 aromatic carbocycles. The molecule has 1 atom stereocenters. The molecule has 0 aliphatic rings. The summed E-state index contributed by atoms with van der Waals surface area (Å²) in [6, 6.07) is 7.24. The number of nitriles is 1. The largest absolute Gasteiger partial charge is 0.496 e. The highest BCUT2D eigenvalue weighted by molar-refractivity contribution is 9.09. The van der Waals surface area contributed by atoms with Gasteiger partial charge in [-0.1, -0.05) is 27.5 Å². The van der Waals surface area contributed by atoms with Gasteiger partial charge in [0.05, 0.1) is 13.2 Å². The summed E-state index contributed by atoms with van der Waals surface area (Å²) in [4.78, 5) is -0.388. The zero-order chi connectivity index (χ0) is 9.84. The minimum atomic E-state index is -0.388. The molecule has 0 saturated carbocycles. The predicted octanol–water partition coefficient (Wildman–Crippen LogP) is 3.31. The van der Waals surface area contributed by atoms with Crippen LogP contribution in [-0.4, -0.2) is 7.11 Å². The summed E-state index contributed by atoms with van der Waals surface area (Å²) >= 11 is 9.00. The highest BCUT2D eigenvalue weighted by Gasteiger charge is 2.12. The van der Waals surface area contributed by atoms with Crippen LogP contribution in [0.2, 0.25) is 5.02 Å². The first-order chi connectivity index (χ1) is 6.19. The standard InChI is InChI=1S/C9H7BrClNO/c1-13-9-3-2-6(11)4-7(9)8(10)5-12/h2-4,8H,1H3. The van der Waals surface area contributed by atoms with Crippen molar-refractivity contribution in [1.82, 2.24) is 0 Å². The normalized spacial score (nSPS) is 11.8. The van der Waals surface area contributed by atoms with Gasteiger partial charge in [-0.05, 0) is 18.2 Å². The maximum atomic E-state index is 8.70. The molecule has 0 radical (unpaired) electrons. The zero-order valence-electron chi connectivity index (χ0n) is 6.92. The number of ether oxygens (including phenoxy) is 1. The van der Waals surface area contributed by atoms with Crippen LogP contribution in [0, 0.1) is 11.3 Å². The third-order valence-electron chi connectivity index (χ3n) is 1.58. The van der Waals surface area contributed by atoms with E-state index in [0.717, 1.165) is 5.56 Å². The molecule has 1 unspecified atom stereocenters. The van der Waals surface area contributed by atoms with Crippen molar-refractivity contribution in [2.45, 2.75) is 4.83 Å². The SMILES string of the molecule is COc1ccc(Cl)cc1C(Br)C#N. The molecule has 1 rings (SSSR count). The van der Waals surface area contributed by atoms with Gasteiger partial charge in [-0.2, -0.15) is 5.26 Å². The minimum absolute atomic E-state index is 0.388. The van der Waals surface area contributed by atoms with E-state index in [-0.39, 0.29) is 4.83 Å². The lowest BCUT2D eigenvalue weighted by atomic mass is 10.1. The highest BCUT2D eigenvalue weighted by atomic mass is 79.9. The summed E-state index contributed by atoms with van der Waals surface area (Å²) in [6.45, 7) is 0. The molecule has 0 aliphatic carbocycles. The van der Waals surface area contributed by atoms with Gasteiger partial charge >= 0.3 is 0 Å². The van der Waals surface area contributed by atoms with Crippen LogP contribution >= 0.6 is 27.5 Å². The van der Waals surface area contributed by atoms with Crippen LogP contribution in [0.5, 0.6) is 5.75 Å². The number of hydrogen-bond donors (Lipinski definition) is 0. The Labute approximate surface area is 90.2 Å². The molecular weight excluding hydrogens is 253 g/mol. The van der Waals surface area contributed by atoms with Gasteiger partial charge in [-0.15, -0.1) is 0 Å². The molecule has 1 aromatic rings. The fraction of sp³-hybridized carbons (Fsp3) is 0.222. The first-order valence-electron chi connectivity index (χ1n) is 3.56. The molecule has 68 valence electrons. The molecule has 0 bridgehead atoms. The van der Waals surface area contributed by atoms with Gasteiger partial charge in [0.1, 0.15) is 10.6 Å². The molecule has 0 N–H and O–H groups in total. The lowest BCUT2D eigenvalue weighted by molar-refractivity contribution is 0.411. The van der Waals surface area contributed by atoms with E-state index in [9.17, 15) is 0 Å². The number of benzene rings is 1. The van der Waals surface area contributed by atoms with Gasteiger partial charge in [0.2, 0.25) is 0 Å². The van der Waals surface area contributed by atoms with Crippen molar-refractivity contribution in [3.05, 3.63) is 28.8 Å². The first-order valence-corrected chi connectivity index (χ1v) is 4.85. The summed E-state index contributed by atoms with van der Waals surface area (Å²) in [5.41, 5.74) is 0.748. The number of nitrogens with zero attached hydrogens (tertiary/aromatic N) is 1. The number of rotatable bonds is 2. The van der Waals surface area contributed by atoms with E-state index < -0.39 is 0 Å². The van der Waals surface area contributed by atoms with E-state index in [1.807, 2.05) is 0 Å². The predicted molar refractivity (Wildman–Crippen MR) is 55.3 cm³/mol. The van der Waals surface area contributed by atoms with Crippen molar-refractivity contribution < 1.29 is 4.74 Å². The van der Waals surface area contributed by atoms with Crippen LogP contribution in [0.25, 0.3) is 0 Å². The molecule has 2 nitrogen and oxygen atoms in total. The van der Waals surface area contributed by atoms with E-state index in [2.05, 4.69) is 22.0 Å². The topological polar surface area (TPSA) is 33.0 Å². The van der Waals surface area contributed by atoms with Gasteiger partial charge in [0.15, 0.2) is 0 Å². The van der Waals surface area contributed by atoms with Crippen molar-refractivity contribution in [3.8, 4) is 11.8 Å². The molecule has 4 heteroatoms. The molecule has 0 saturated heterocycles. The van der Waals surface area contributed by atoms with Crippen molar-refractivity contribution in [2.24, 2.45) is 0 Å².